The summed E-state index contributed by atoms with van der Waals surface area (Å²) in [5.41, 5.74) is 0.334. The Kier molecular flexibility index (Phi) is 7.10. The van der Waals surface area contributed by atoms with Crippen molar-refractivity contribution in [2.45, 2.75) is 57.2 Å². The van der Waals surface area contributed by atoms with Crippen molar-refractivity contribution in [1.29, 1.82) is 0 Å². The van der Waals surface area contributed by atoms with Crippen molar-refractivity contribution in [1.82, 2.24) is 15.1 Å². The molecule has 1 saturated carbocycles. The molecule has 1 rings (SSSR count). The smallest absolute Gasteiger partial charge is 0.322 e. The minimum atomic E-state index is -0.214. The molecule has 1 aliphatic carbocycles. The van der Waals surface area contributed by atoms with Crippen LogP contribution in [0.5, 0.6) is 0 Å². The van der Waals surface area contributed by atoms with Gasteiger partial charge in [-0.2, -0.15) is 0 Å². The third-order valence-corrected chi connectivity index (χ3v) is 4.62. The zero-order valence-corrected chi connectivity index (χ0v) is 14.6. The van der Waals surface area contributed by atoms with Crippen LogP contribution in [0.25, 0.3) is 0 Å². The normalized spacial score (nSPS) is 18.9. The second-order valence-electron chi connectivity index (χ2n) is 6.90. The van der Waals surface area contributed by atoms with Gasteiger partial charge in [0, 0.05) is 18.1 Å². The van der Waals surface area contributed by atoms with Crippen molar-refractivity contribution in [3.05, 3.63) is 0 Å². The molecule has 1 atom stereocenters. The Bertz CT molecular complexity index is 327. The zero-order chi connectivity index (χ0) is 16.0. The maximum atomic E-state index is 11.8. The minimum Gasteiger partial charge on any atom is -0.468 e. The van der Waals surface area contributed by atoms with Crippen LogP contribution in [0.2, 0.25) is 0 Å². The van der Waals surface area contributed by atoms with Crippen LogP contribution in [0.15, 0.2) is 0 Å². The van der Waals surface area contributed by atoms with E-state index >= 15 is 0 Å². The molecule has 0 aromatic heterocycles. The molecule has 1 fully saturated rings. The quantitative estimate of drug-likeness (QED) is 0.651. The predicted octanol–water partition coefficient (Wildman–Crippen LogP) is 1.33. The number of hydrogen-bond donors (Lipinski definition) is 1. The summed E-state index contributed by atoms with van der Waals surface area (Å²) in [7, 11) is 7.94. The summed E-state index contributed by atoms with van der Waals surface area (Å²) in [6, 6.07) is 0.0632. The SMILES string of the molecule is COC(=O)C(CCN(C)CC1(N(C)C)CCC1)NC(C)C. The third kappa shape index (κ3) is 5.24. The molecule has 0 aliphatic heterocycles. The van der Waals surface area contributed by atoms with E-state index in [0.29, 0.717) is 5.54 Å². The molecule has 1 aliphatic rings. The average Bonchev–Trinajstić information content (AvgIpc) is 2.36. The van der Waals surface area contributed by atoms with Crippen molar-refractivity contribution in [3.63, 3.8) is 0 Å². The highest BCUT2D eigenvalue weighted by atomic mass is 16.5. The second-order valence-corrected chi connectivity index (χ2v) is 6.90. The van der Waals surface area contributed by atoms with Crippen molar-refractivity contribution in [3.8, 4) is 0 Å². The number of carbonyl (C=O) groups excluding carboxylic acids is 1. The Morgan fingerprint density at radius 3 is 2.29 bits per heavy atom. The Hall–Kier alpha value is -0.650. The lowest BCUT2D eigenvalue weighted by molar-refractivity contribution is -0.143. The van der Waals surface area contributed by atoms with E-state index in [-0.39, 0.29) is 18.1 Å². The van der Waals surface area contributed by atoms with E-state index < -0.39 is 0 Å². The first-order valence-corrected chi connectivity index (χ1v) is 8.00. The Balaban J connectivity index is 2.45. The molecule has 0 bridgehead atoms. The minimum absolute atomic E-state index is 0.164. The molecule has 21 heavy (non-hydrogen) atoms. The van der Waals surface area contributed by atoms with Crippen LogP contribution in [0.1, 0.15) is 39.5 Å². The van der Waals surface area contributed by atoms with Gasteiger partial charge in [-0.15, -0.1) is 0 Å². The molecule has 124 valence electrons. The highest BCUT2D eigenvalue weighted by Gasteiger charge is 2.39. The highest BCUT2D eigenvalue weighted by Crippen LogP contribution is 2.36. The first-order chi connectivity index (χ1) is 9.80. The number of rotatable bonds is 9. The lowest BCUT2D eigenvalue weighted by atomic mass is 9.75. The first-order valence-electron chi connectivity index (χ1n) is 8.00. The summed E-state index contributed by atoms with van der Waals surface area (Å²) >= 11 is 0. The van der Waals surface area contributed by atoms with Crippen LogP contribution < -0.4 is 5.32 Å². The molecule has 0 aromatic carbocycles. The Labute approximate surface area is 130 Å². The number of nitrogens with one attached hydrogen (secondary N) is 1. The second kappa shape index (κ2) is 8.11. The fraction of sp³-hybridized carbons (Fsp3) is 0.938. The molecule has 0 aromatic rings. The molecule has 0 saturated heterocycles. The van der Waals surface area contributed by atoms with Crippen molar-refractivity contribution in [2.75, 3.05) is 41.3 Å². The molecule has 5 heteroatoms. The fourth-order valence-electron chi connectivity index (χ4n) is 3.08. The van der Waals surface area contributed by atoms with Crippen LogP contribution in [0.3, 0.4) is 0 Å². The van der Waals surface area contributed by atoms with Crippen LogP contribution >= 0.6 is 0 Å². The van der Waals surface area contributed by atoms with Crippen LogP contribution in [0.4, 0.5) is 0 Å². The summed E-state index contributed by atoms with van der Waals surface area (Å²) in [4.78, 5) is 16.5. The van der Waals surface area contributed by atoms with E-state index in [9.17, 15) is 4.79 Å². The van der Waals surface area contributed by atoms with E-state index in [1.807, 2.05) is 0 Å². The van der Waals surface area contributed by atoms with Gasteiger partial charge in [0.2, 0.25) is 0 Å². The molecular formula is C16H33N3O2. The van der Waals surface area contributed by atoms with Gasteiger partial charge in [-0.25, -0.2) is 0 Å². The number of esters is 1. The van der Waals surface area contributed by atoms with Gasteiger partial charge >= 0.3 is 5.97 Å². The highest BCUT2D eigenvalue weighted by molar-refractivity contribution is 5.75. The van der Waals surface area contributed by atoms with E-state index in [4.69, 9.17) is 4.74 Å². The van der Waals surface area contributed by atoms with Crippen molar-refractivity contribution in [2.24, 2.45) is 0 Å². The van der Waals surface area contributed by atoms with Gasteiger partial charge in [-0.3, -0.25) is 4.79 Å². The van der Waals surface area contributed by atoms with Crippen LogP contribution in [-0.4, -0.2) is 74.7 Å². The van der Waals surface area contributed by atoms with Gasteiger partial charge in [0.15, 0.2) is 0 Å². The van der Waals surface area contributed by atoms with Gasteiger partial charge in [0.05, 0.1) is 7.11 Å². The van der Waals surface area contributed by atoms with Crippen molar-refractivity contribution >= 4 is 5.97 Å². The van der Waals surface area contributed by atoms with Gasteiger partial charge in [0.1, 0.15) is 6.04 Å². The first kappa shape index (κ1) is 18.4. The molecule has 0 amide bonds. The number of carbonyl (C=O) groups is 1. The van der Waals surface area contributed by atoms with Gasteiger partial charge in [-0.05, 0) is 53.4 Å². The van der Waals surface area contributed by atoms with Gasteiger partial charge in [0.25, 0.3) is 0 Å². The average molecular weight is 299 g/mol. The monoisotopic (exact) mass is 299 g/mol. The van der Waals surface area contributed by atoms with E-state index in [1.165, 1.54) is 26.4 Å². The summed E-state index contributed by atoms with van der Waals surface area (Å²) < 4.78 is 4.89. The molecule has 0 heterocycles. The summed E-state index contributed by atoms with van der Waals surface area (Å²) in [6.07, 6.45) is 4.65. The van der Waals surface area contributed by atoms with Gasteiger partial charge in [-0.1, -0.05) is 13.8 Å². The molecule has 1 N–H and O–H groups in total. The zero-order valence-electron chi connectivity index (χ0n) is 14.6. The molecular weight excluding hydrogens is 266 g/mol. The predicted molar refractivity (Wildman–Crippen MR) is 86.5 cm³/mol. The number of likely N-dealkylation sites (N-methyl/N-ethyl adjacent to an activating group) is 2. The van der Waals surface area contributed by atoms with Crippen LogP contribution in [-0.2, 0) is 9.53 Å². The van der Waals surface area contributed by atoms with Gasteiger partial charge < -0.3 is 19.9 Å². The third-order valence-electron chi connectivity index (χ3n) is 4.62. The lowest BCUT2D eigenvalue weighted by Crippen LogP contribution is -2.57. The topological polar surface area (TPSA) is 44.8 Å². The standard InChI is InChI=1S/C16H33N3O2/c1-13(2)17-14(15(20)21-6)8-11-19(5)12-16(18(3)4)9-7-10-16/h13-14,17H,7-12H2,1-6H3. The number of nitrogens with zero attached hydrogens (tertiary/aromatic N) is 2. The fourth-order valence-corrected chi connectivity index (χ4v) is 3.08. The molecule has 1 unspecified atom stereocenters. The van der Waals surface area contributed by atoms with E-state index in [0.717, 1.165) is 19.5 Å². The molecule has 5 nitrogen and oxygen atoms in total. The van der Waals surface area contributed by atoms with Crippen LogP contribution in [0, 0.1) is 0 Å². The number of ether oxygens (including phenoxy) is 1. The van der Waals surface area contributed by atoms with E-state index in [2.05, 4.69) is 50.1 Å². The summed E-state index contributed by atoms with van der Waals surface area (Å²) in [5.74, 6) is -0.164. The van der Waals surface area contributed by atoms with E-state index in [1.54, 1.807) is 0 Å². The molecule has 0 radical (unpaired) electrons. The maximum absolute atomic E-state index is 11.8. The summed E-state index contributed by atoms with van der Waals surface area (Å²) in [6.45, 7) is 6.06. The number of hydrogen-bond acceptors (Lipinski definition) is 5. The lowest BCUT2D eigenvalue weighted by Gasteiger charge is -2.49. The summed E-state index contributed by atoms with van der Waals surface area (Å²) in [5, 5.41) is 3.29. The number of methoxy groups -OCH3 is 1. The Morgan fingerprint density at radius 2 is 1.90 bits per heavy atom. The Morgan fingerprint density at radius 1 is 1.29 bits per heavy atom. The van der Waals surface area contributed by atoms with Crippen molar-refractivity contribution < 1.29 is 9.53 Å². The molecule has 0 spiro atoms. The largest absolute Gasteiger partial charge is 0.468 e. The maximum Gasteiger partial charge on any atom is 0.322 e.